The molecule has 0 aliphatic rings. The number of carbonyl (C=O) groups excluding carboxylic acids is 1. The molecule has 1 aromatic carbocycles. The van der Waals surface area contributed by atoms with Crippen LogP contribution in [-0.2, 0) is 4.74 Å². The van der Waals surface area contributed by atoms with E-state index in [0.29, 0.717) is 11.4 Å². The van der Waals surface area contributed by atoms with Gasteiger partial charge >= 0.3 is 6.09 Å². The minimum atomic E-state index is -0.555. The second-order valence-electron chi connectivity index (χ2n) is 4.61. The molecule has 0 aliphatic heterocycles. The van der Waals surface area contributed by atoms with Crippen LogP contribution in [0.1, 0.15) is 5.56 Å². The molecule has 0 bridgehead atoms. The second kappa shape index (κ2) is 6.42. The Balaban J connectivity index is 1.81. The lowest BCUT2D eigenvalue weighted by Crippen LogP contribution is -2.10. The fourth-order valence-corrected chi connectivity index (χ4v) is 2.83. The van der Waals surface area contributed by atoms with Crippen molar-refractivity contribution < 1.29 is 9.53 Å². The number of carbonyl (C=O) groups is 1. The van der Waals surface area contributed by atoms with E-state index in [1.807, 2.05) is 34.9 Å². The molecular formula is C16H12N4O2S. The summed E-state index contributed by atoms with van der Waals surface area (Å²) in [4.78, 5) is 17.5. The number of pyridine rings is 1. The standard InChI is InChI=1S/C16H12N4O2S/c1-22-16(21)19-14-10-20-9-13(6-7-15(20)18-14)23-12-4-2-11(8-17)3-5-12/h2-7,9-10H,1H3,(H,19,21). The first-order chi connectivity index (χ1) is 11.2. The number of ether oxygens (including phenoxy) is 1. The number of benzene rings is 1. The minimum absolute atomic E-state index is 0.428. The van der Waals surface area contributed by atoms with E-state index in [9.17, 15) is 4.79 Å². The summed E-state index contributed by atoms with van der Waals surface area (Å²) in [6.45, 7) is 0. The maximum Gasteiger partial charge on any atom is 0.412 e. The number of methoxy groups -OCH3 is 1. The molecule has 3 rings (SSSR count). The van der Waals surface area contributed by atoms with Crippen LogP contribution in [0.3, 0.4) is 0 Å². The lowest BCUT2D eigenvalue weighted by molar-refractivity contribution is 0.187. The largest absolute Gasteiger partial charge is 0.453 e. The third-order valence-corrected chi connectivity index (χ3v) is 4.04. The fourth-order valence-electron chi connectivity index (χ4n) is 1.98. The highest BCUT2D eigenvalue weighted by molar-refractivity contribution is 7.99. The molecule has 7 heteroatoms. The van der Waals surface area contributed by atoms with Crippen LogP contribution in [-0.4, -0.2) is 22.6 Å². The Morgan fingerprint density at radius 1 is 1.22 bits per heavy atom. The minimum Gasteiger partial charge on any atom is -0.453 e. The topological polar surface area (TPSA) is 79.4 Å². The number of aromatic nitrogens is 2. The van der Waals surface area contributed by atoms with E-state index >= 15 is 0 Å². The zero-order chi connectivity index (χ0) is 16.2. The monoisotopic (exact) mass is 324 g/mol. The highest BCUT2D eigenvalue weighted by Gasteiger charge is 2.07. The van der Waals surface area contributed by atoms with Crippen LogP contribution in [0.4, 0.5) is 10.6 Å². The van der Waals surface area contributed by atoms with E-state index in [1.54, 1.807) is 30.1 Å². The van der Waals surface area contributed by atoms with Gasteiger partial charge in [-0.25, -0.2) is 9.78 Å². The van der Waals surface area contributed by atoms with Crippen LogP contribution < -0.4 is 5.32 Å². The summed E-state index contributed by atoms with van der Waals surface area (Å²) in [5, 5.41) is 11.3. The van der Waals surface area contributed by atoms with E-state index in [-0.39, 0.29) is 0 Å². The van der Waals surface area contributed by atoms with Crippen LogP contribution in [0.25, 0.3) is 5.65 Å². The summed E-state index contributed by atoms with van der Waals surface area (Å²) in [6.07, 6.45) is 3.09. The average molecular weight is 324 g/mol. The van der Waals surface area contributed by atoms with Crippen molar-refractivity contribution in [3.8, 4) is 6.07 Å². The van der Waals surface area contributed by atoms with Crippen LogP contribution in [0.2, 0.25) is 0 Å². The molecule has 0 saturated heterocycles. The van der Waals surface area contributed by atoms with Crippen molar-refractivity contribution in [3.05, 3.63) is 54.4 Å². The van der Waals surface area contributed by atoms with Crippen LogP contribution in [0.15, 0.2) is 58.6 Å². The molecule has 6 nitrogen and oxygen atoms in total. The molecule has 0 radical (unpaired) electrons. The van der Waals surface area contributed by atoms with Gasteiger partial charge in [0.2, 0.25) is 0 Å². The average Bonchev–Trinajstić information content (AvgIpc) is 2.96. The normalized spacial score (nSPS) is 10.3. The number of nitriles is 1. The Kier molecular flexibility index (Phi) is 4.17. The molecule has 0 atom stereocenters. The third-order valence-electron chi connectivity index (χ3n) is 3.06. The number of rotatable bonds is 3. The van der Waals surface area contributed by atoms with Gasteiger partial charge in [0.1, 0.15) is 5.65 Å². The highest BCUT2D eigenvalue weighted by atomic mass is 32.2. The SMILES string of the molecule is COC(=O)Nc1cn2cc(Sc3ccc(C#N)cc3)ccc2n1. The van der Waals surface area contributed by atoms with Crippen molar-refractivity contribution in [2.75, 3.05) is 12.4 Å². The molecule has 114 valence electrons. The molecular weight excluding hydrogens is 312 g/mol. The van der Waals surface area contributed by atoms with Crippen molar-refractivity contribution in [1.82, 2.24) is 9.38 Å². The maximum absolute atomic E-state index is 11.2. The predicted octanol–water partition coefficient (Wildman–Crippen LogP) is 3.54. The van der Waals surface area contributed by atoms with Crippen molar-refractivity contribution in [1.29, 1.82) is 5.26 Å². The van der Waals surface area contributed by atoms with Gasteiger partial charge in [0.25, 0.3) is 0 Å². The van der Waals surface area contributed by atoms with Gasteiger partial charge in [0.05, 0.1) is 24.9 Å². The number of hydrogen-bond donors (Lipinski definition) is 1. The number of nitrogens with one attached hydrogen (secondary N) is 1. The number of anilines is 1. The highest BCUT2D eigenvalue weighted by Crippen LogP contribution is 2.28. The van der Waals surface area contributed by atoms with Gasteiger partial charge in [0, 0.05) is 16.0 Å². The van der Waals surface area contributed by atoms with Crippen LogP contribution >= 0.6 is 11.8 Å². The first kappa shape index (κ1) is 14.9. The smallest absolute Gasteiger partial charge is 0.412 e. The second-order valence-corrected chi connectivity index (χ2v) is 5.76. The number of imidazole rings is 1. The van der Waals surface area contributed by atoms with Crippen molar-refractivity contribution in [3.63, 3.8) is 0 Å². The summed E-state index contributed by atoms with van der Waals surface area (Å²) in [5.74, 6) is 0.428. The van der Waals surface area contributed by atoms with Gasteiger partial charge in [0.15, 0.2) is 5.82 Å². The lowest BCUT2D eigenvalue weighted by atomic mass is 10.2. The molecule has 1 N–H and O–H groups in total. The third kappa shape index (κ3) is 3.44. The van der Waals surface area contributed by atoms with E-state index in [4.69, 9.17) is 5.26 Å². The van der Waals surface area contributed by atoms with Crippen molar-refractivity contribution >= 4 is 29.3 Å². The molecule has 0 fully saturated rings. The molecule has 3 aromatic rings. The lowest BCUT2D eigenvalue weighted by Gasteiger charge is -2.02. The quantitative estimate of drug-likeness (QED) is 0.797. The molecule has 1 amide bonds. The van der Waals surface area contributed by atoms with Crippen LogP contribution in [0, 0.1) is 11.3 Å². The van der Waals surface area contributed by atoms with E-state index in [1.165, 1.54) is 7.11 Å². The van der Waals surface area contributed by atoms with Gasteiger partial charge in [-0.3, -0.25) is 5.32 Å². The summed E-state index contributed by atoms with van der Waals surface area (Å²) < 4.78 is 6.38. The summed E-state index contributed by atoms with van der Waals surface area (Å²) in [7, 11) is 1.30. The summed E-state index contributed by atoms with van der Waals surface area (Å²) in [6, 6.07) is 13.3. The van der Waals surface area contributed by atoms with Crippen LogP contribution in [0.5, 0.6) is 0 Å². The Bertz CT molecular complexity index is 897. The van der Waals surface area contributed by atoms with E-state index in [2.05, 4.69) is 21.1 Å². The number of hydrogen-bond acceptors (Lipinski definition) is 5. The predicted molar refractivity (Wildman–Crippen MR) is 86.5 cm³/mol. The molecule has 2 aromatic heterocycles. The van der Waals surface area contributed by atoms with E-state index < -0.39 is 6.09 Å². The molecule has 2 heterocycles. The molecule has 0 spiro atoms. The van der Waals surface area contributed by atoms with Gasteiger partial charge in [-0.15, -0.1) is 0 Å². The Hall–Kier alpha value is -2.98. The van der Waals surface area contributed by atoms with Gasteiger partial charge < -0.3 is 9.14 Å². The first-order valence-electron chi connectivity index (χ1n) is 6.69. The maximum atomic E-state index is 11.2. The van der Waals surface area contributed by atoms with E-state index in [0.717, 1.165) is 15.4 Å². The Morgan fingerprint density at radius 2 is 1.96 bits per heavy atom. The van der Waals surface area contributed by atoms with Gasteiger partial charge in [-0.1, -0.05) is 11.8 Å². The number of nitrogens with zero attached hydrogens (tertiary/aromatic N) is 3. The first-order valence-corrected chi connectivity index (χ1v) is 7.51. The fraction of sp³-hybridized carbons (Fsp3) is 0.0625. The number of fused-ring (bicyclic) bond motifs is 1. The molecule has 23 heavy (non-hydrogen) atoms. The van der Waals surface area contributed by atoms with Crippen molar-refractivity contribution in [2.45, 2.75) is 9.79 Å². The number of amides is 1. The van der Waals surface area contributed by atoms with Gasteiger partial charge in [-0.05, 0) is 36.4 Å². The zero-order valence-corrected chi connectivity index (χ0v) is 13.0. The van der Waals surface area contributed by atoms with Crippen molar-refractivity contribution in [2.24, 2.45) is 0 Å². The molecule has 0 aliphatic carbocycles. The summed E-state index contributed by atoms with van der Waals surface area (Å²) >= 11 is 1.58. The van der Waals surface area contributed by atoms with Gasteiger partial charge in [-0.2, -0.15) is 5.26 Å². The molecule has 0 saturated carbocycles. The Morgan fingerprint density at radius 3 is 2.65 bits per heavy atom. The Labute approximate surface area is 136 Å². The molecule has 0 unspecified atom stereocenters. The summed E-state index contributed by atoms with van der Waals surface area (Å²) in [5.41, 5.74) is 1.36. The zero-order valence-electron chi connectivity index (χ0n) is 12.2.